The Kier molecular flexibility index (Phi) is 12.8. The molecular weight excluding hydrogens is 186 g/mol. The molecule has 0 aliphatic carbocycles. The van der Waals surface area contributed by atoms with E-state index in [4.69, 9.17) is 0 Å². The first-order valence-electron chi connectivity index (χ1n) is 4.44. The fourth-order valence-corrected chi connectivity index (χ4v) is 1.47. The topological polar surface area (TPSA) is 80.3 Å². The van der Waals surface area contributed by atoms with E-state index in [1.165, 1.54) is 0 Å². The van der Waals surface area contributed by atoms with E-state index < -0.39 is 17.4 Å². The fraction of sp³-hybridized carbons (Fsp3) is 0.778. The number of hydrogen-bond donors (Lipinski definition) is 0. The van der Waals surface area contributed by atoms with E-state index in [0.717, 1.165) is 0 Å². The maximum Gasteiger partial charge on any atom is 1.00 e. The van der Waals surface area contributed by atoms with E-state index in [2.05, 4.69) is 0 Å². The van der Waals surface area contributed by atoms with Gasteiger partial charge in [0.05, 0.1) is 11.9 Å². The molecule has 0 aromatic rings. The van der Waals surface area contributed by atoms with E-state index in [0.29, 0.717) is 12.8 Å². The van der Waals surface area contributed by atoms with Crippen molar-refractivity contribution in [1.29, 1.82) is 0 Å². The summed E-state index contributed by atoms with van der Waals surface area (Å²) in [6.45, 7) is 3.46. The van der Waals surface area contributed by atoms with Gasteiger partial charge in [-0.25, -0.2) is 0 Å². The molecule has 0 aliphatic rings. The molecule has 0 radical (unpaired) electrons. The third-order valence-electron chi connectivity index (χ3n) is 2.14. The van der Waals surface area contributed by atoms with Gasteiger partial charge in [0.1, 0.15) is 0 Å². The van der Waals surface area contributed by atoms with Gasteiger partial charge >= 0.3 is 37.7 Å². The average Bonchev–Trinajstić information content (AvgIpc) is 2.03. The molecule has 0 heterocycles. The second-order valence-corrected chi connectivity index (χ2v) is 3.16. The van der Waals surface area contributed by atoms with E-state index in [1.54, 1.807) is 13.8 Å². The number of carboxylic acid groups (broad SMARTS) is 2. The van der Waals surface area contributed by atoms with Crippen LogP contribution in [0.25, 0.3) is 0 Å². The van der Waals surface area contributed by atoms with Crippen LogP contribution in [0.5, 0.6) is 0 Å². The van der Waals surface area contributed by atoms with E-state index in [-0.39, 0.29) is 50.6 Å². The molecule has 0 N–H and O–H groups in total. The normalized spacial score (nSPS) is 9.73. The molecule has 0 bridgehead atoms. The Morgan fingerprint density at radius 3 is 1.33 bits per heavy atom. The number of rotatable bonds is 6. The summed E-state index contributed by atoms with van der Waals surface area (Å²) in [6, 6.07) is 0. The average molecular weight is 200 g/mol. The minimum absolute atomic E-state index is 0. The summed E-state index contributed by atoms with van der Waals surface area (Å²) >= 11 is 0. The van der Waals surface area contributed by atoms with Crippen LogP contribution in [0.15, 0.2) is 0 Å². The fourth-order valence-electron chi connectivity index (χ4n) is 1.47. The Balaban J connectivity index is -0.000000720. The van der Waals surface area contributed by atoms with Crippen molar-refractivity contribution < 1.29 is 57.5 Å². The minimum atomic E-state index is -1.79. The van der Waals surface area contributed by atoms with Crippen molar-refractivity contribution in [2.75, 3.05) is 0 Å². The summed E-state index contributed by atoms with van der Waals surface area (Å²) in [5, 5.41) is 21.4. The van der Waals surface area contributed by atoms with E-state index >= 15 is 0 Å². The maximum absolute atomic E-state index is 10.7. The molecule has 6 heteroatoms. The van der Waals surface area contributed by atoms with Crippen LogP contribution < -0.4 is 47.9 Å². The van der Waals surface area contributed by atoms with Gasteiger partial charge in [0, 0.05) is 5.41 Å². The zero-order valence-corrected chi connectivity index (χ0v) is 9.96. The van der Waals surface area contributed by atoms with Crippen LogP contribution in [0.1, 0.15) is 39.5 Å². The van der Waals surface area contributed by atoms with Crippen molar-refractivity contribution in [1.82, 2.24) is 0 Å². The van der Waals surface area contributed by atoms with Crippen LogP contribution >= 0.6 is 0 Å². The monoisotopic (exact) mass is 200 g/mol. The molecule has 0 unspecified atom stereocenters. The van der Waals surface area contributed by atoms with Gasteiger partial charge in [0.2, 0.25) is 0 Å². The van der Waals surface area contributed by atoms with Crippen LogP contribution in [-0.2, 0) is 9.59 Å². The van der Waals surface area contributed by atoms with Gasteiger partial charge in [-0.3, -0.25) is 0 Å². The molecule has 4 nitrogen and oxygen atoms in total. The van der Waals surface area contributed by atoms with Gasteiger partial charge in [-0.2, -0.15) is 0 Å². The summed E-state index contributed by atoms with van der Waals surface area (Å²) in [4.78, 5) is 21.4. The van der Waals surface area contributed by atoms with Gasteiger partial charge in [0.15, 0.2) is 0 Å². The standard InChI is InChI=1S/C9H16O4.2Li/c1-3-5-9(6-4-2,7(10)11)8(12)13;;/h3-6H2,1-2H3,(H,10,11)(H,12,13);;/q;2*+1/p-2. The zero-order chi connectivity index (χ0) is 10.5. The predicted octanol–water partition coefficient (Wildman–Crippen LogP) is -6.92. The largest absolute Gasteiger partial charge is 1.00 e. The van der Waals surface area contributed by atoms with Gasteiger partial charge < -0.3 is 19.8 Å². The van der Waals surface area contributed by atoms with E-state index in [9.17, 15) is 19.8 Å². The first-order valence-corrected chi connectivity index (χ1v) is 4.44. The van der Waals surface area contributed by atoms with Crippen LogP contribution in [0.2, 0.25) is 0 Å². The van der Waals surface area contributed by atoms with Gasteiger partial charge in [0.25, 0.3) is 0 Å². The Morgan fingerprint density at radius 1 is 0.933 bits per heavy atom. The van der Waals surface area contributed by atoms with Crippen molar-refractivity contribution in [2.45, 2.75) is 39.5 Å². The first kappa shape index (κ1) is 20.5. The first-order chi connectivity index (χ1) is 6.01. The van der Waals surface area contributed by atoms with Crippen molar-refractivity contribution in [3.63, 3.8) is 0 Å². The molecule has 0 saturated heterocycles. The number of hydrogen-bond acceptors (Lipinski definition) is 4. The molecule has 0 aromatic carbocycles. The molecule has 0 aromatic heterocycles. The molecule has 0 amide bonds. The van der Waals surface area contributed by atoms with Crippen molar-refractivity contribution in [3.05, 3.63) is 0 Å². The molecule has 15 heavy (non-hydrogen) atoms. The molecule has 0 spiro atoms. The van der Waals surface area contributed by atoms with Gasteiger partial charge in [-0.1, -0.05) is 26.7 Å². The van der Waals surface area contributed by atoms with Crippen LogP contribution in [0.4, 0.5) is 0 Å². The maximum atomic E-state index is 10.7. The van der Waals surface area contributed by atoms with Gasteiger partial charge in [-0.15, -0.1) is 0 Å². The Morgan fingerprint density at radius 2 is 1.20 bits per heavy atom. The van der Waals surface area contributed by atoms with Crippen molar-refractivity contribution >= 4 is 11.9 Å². The predicted molar refractivity (Wildman–Crippen MR) is 42.3 cm³/mol. The third kappa shape index (κ3) is 5.13. The molecule has 0 aliphatic heterocycles. The summed E-state index contributed by atoms with van der Waals surface area (Å²) in [5.74, 6) is -3.06. The summed E-state index contributed by atoms with van der Waals surface area (Å²) in [6.07, 6.45) is 1.13. The van der Waals surface area contributed by atoms with Crippen LogP contribution in [0.3, 0.4) is 0 Å². The SMILES string of the molecule is CCCC(CCC)(C(=O)[O-])C(=O)[O-].[Li+].[Li+]. The summed E-state index contributed by atoms with van der Waals surface area (Å²) in [5.41, 5.74) is -1.79. The number of carbonyl (C=O) groups is 2. The van der Waals surface area contributed by atoms with Crippen LogP contribution in [0, 0.1) is 5.41 Å². The molecule has 0 saturated carbocycles. The molecule has 0 atom stereocenters. The molecule has 0 fully saturated rings. The second-order valence-electron chi connectivity index (χ2n) is 3.16. The van der Waals surface area contributed by atoms with Crippen molar-refractivity contribution in [2.24, 2.45) is 5.41 Å². The molecular formula is C9H14Li2O4. The zero-order valence-electron chi connectivity index (χ0n) is 9.96. The number of carboxylic acids is 2. The molecule has 76 valence electrons. The summed E-state index contributed by atoms with van der Waals surface area (Å²) in [7, 11) is 0. The molecule has 0 rings (SSSR count). The Bertz CT molecular complexity index is 184. The number of carbonyl (C=O) groups excluding carboxylic acids is 2. The van der Waals surface area contributed by atoms with Crippen molar-refractivity contribution in [3.8, 4) is 0 Å². The quantitative estimate of drug-likeness (QED) is 0.315. The minimum Gasteiger partial charge on any atom is -0.549 e. The van der Waals surface area contributed by atoms with Crippen LogP contribution in [-0.4, -0.2) is 11.9 Å². The number of aliphatic carboxylic acids is 2. The Hall–Kier alpha value is 0.135. The summed E-state index contributed by atoms with van der Waals surface area (Å²) < 4.78 is 0. The van der Waals surface area contributed by atoms with Gasteiger partial charge in [-0.05, 0) is 12.8 Å². The smallest absolute Gasteiger partial charge is 0.549 e. The van der Waals surface area contributed by atoms with E-state index in [1.807, 2.05) is 0 Å². The third-order valence-corrected chi connectivity index (χ3v) is 2.14. The Labute approximate surface area is 114 Å². The second kappa shape index (κ2) is 9.37.